The van der Waals surface area contributed by atoms with Crippen molar-refractivity contribution in [3.05, 3.63) is 69.4 Å². The van der Waals surface area contributed by atoms with Crippen LogP contribution < -0.4 is 15.6 Å². The minimum Gasteiger partial charge on any atom is -0.494 e. The van der Waals surface area contributed by atoms with Crippen molar-refractivity contribution in [3.8, 4) is 5.75 Å². The number of carbonyl (C=O) groups excluding carboxylic acids is 1. The van der Waals surface area contributed by atoms with E-state index in [1.54, 1.807) is 30.3 Å². The first-order valence-electron chi connectivity index (χ1n) is 8.33. The summed E-state index contributed by atoms with van der Waals surface area (Å²) in [7, 11) is 0. The molecule has 0 unspecified atom stereocenters. The van der Waals surface area contributed by atoms with Gasteiger partial charge in [-0.2, -0.15) is 0 Å². The van der Waals surface area contributed by atoms with E-state index in [-0.39, 0.29) is 23.8 Å². The lowest BCUT2D eigenvalue weighted by Crippen LogP contribution is -2.33. The second-order valence-electron chi connectivity index (χ2n) is 5.84. The molecule has 3 aromatic rings. The maximum absolute atomic E-state index is 12.8. The molecule has 3 rings (SSSR count). The molecular formula is C19H17BrFN3O3. The molecule has 1 amide bonds. The van der Waals surface area contributed by atoms with Crippen LogP contribution in [-0.4, -0.2) is 28.6 Å². The molecule has 0 saturated carbocycles. The number of hydrogen-bond donors (Lipinski definition) is 1. The molecule has 0 aliphatic carbocycles. The summed E-state index contributed by atoms with van der Waals surface area (Å²) in [5, 5.41) is 3.19. The van der Waals surface area contributed by atoms with Gasteiger partial charge in [0, 0.05) is 11.0 Å². The zero-order chi connectivity index (χ0) is 19.2. The molecule has 6 nitrogen and oxygen atoms in total. The normalized spacial score (nSPS) is 10.7. The van der Waals surface area contributed by atoms with Crippen LogP contribution in [0, 0.1) is 5.82 Å². The van der Waals surface area contributed by atoms with Gasteiger partial charge in [0.05, 0.1) is 23.8 Å². The third-order valence-electron chi connectivity index (χ3n) is 3.83. The lowest BCUT2D eigenvalue weighted by molar-refractivity contribution is -0.121. The lowest BCUT2D eigenvalue weighted by atomic mass is 10.2. The fourth-order valence-electron chi connectivity index (χ4n) is 2.48. The van der Waals surface area contributed by atoms with Crippen LogP contribution in [0.4, 0.5) is 4.39 Å². The number of fused-ring (bicyclic) bond motifs is 1. The molecule has 0 spiro atoms. The van der Waals surface area contributed by atoms with Crippen molar-refractivity contribution >= 4 is 32.7 Å². The van der Waals surface area contributed by atoms with E-state index >= 15 is 0 Å². The summed E-state index contributed by atoms with van der Waals surface area (Å²) in [5.41, 5.74) is 0.314. The van der Waals surface area contributed by atoms with Crippen molar-refractivity contribution in [2.45, 2.75) is 13.0 Å². The van der Waals surface area contributed by atoms with Crippen molar-refractivity contribution in [1.29, 1.82) is 0 Å². The monoisotopic (exact) mass is 433 g/mol. The number of hydrogen-bond acceptors (Lipinski definition) is 4. The average Bonchev–Trinajstić information content (AvgIpc) is 2.66. The Bertz CT molecular complexity index is 1010. The number of halogens is 2. The molecule has 0 saturated heterocycles. The van der Waals surface area contributed by atoms with Crippen LogP contribution in [0.5, 0.6) is 5.75 Å². The Labute approximate surface area is 163 Å². The average molecular weight is 434 g/mol. The van der Waals surface area contributed by atoms with Crippen LogP contribution in [0.3, 0.4) is 0 Å². The third kappa shape index (κ3) is 5.13. The predicted octanol–water partition coefficient (Wildman–Crippen LogP) is 2.88. The first-order valence-corrected chi connectivity index (χ1v) is 9.12. The van der Waals surface area contributed by atoms with Crippen molar-refractivity contribution in [3.63, 3.8) is 0 Å². The SMILES string of the molecule is O=C(Cn1cnc2ccc(Br)cc2c1=O)NCCCOc1ccc(F)cc1. The van der Waals surface area contributed by atoms with Gasteiger partial charge < -0.3 is 10.1 Å². The van der Waals surface area contributed by atoms with E-state index in [9.17, 15) is 14.0 Å². The molecule has 27 heavy (non-hydrogen) atoms. The summed E-state index contributed by atoms with van der Waals surface area (Å²) < 4.78 is 20.3. The van der Waals surface area contributed by atoms with E-state index in [0.29, 0.717) is 36.2 Å². The quantitative estimate of drug-likeness (QED) is 0.581. The van der Waals surface area contributed by atoms with Crippen LogP contribution in [0.25, 0.3) is 10.9 Å². The van der Waals surface area contributed by atoms with Gasteiger partial charge in [0.15, 0.2) is 0 Å². The van der Waals surface area contributed by atoms with Crippen LogP contribution in [-0.2, 0) is 11.3 Å². The van der Waals surface area contributed by atoms with Gasteiger partial charge in [0.2, 0.25) is 5.91 Å². The van der Waals surface area contributed by atoms with Gasteiger partial charge in [0.25, 0.3) is 5.56 Å². The Balaban J connectivity index is 1.48. The van der Waals surface area contributed by atoms with Gasteiger partial charge in [0.1, 0.15) is 18.1 Å². The highest BCUT2D eigenvalue weighted by molar-refractivity contribution is 9.10. The summed E-state index contributed by atoms with van der Waals surface area (Å²) in [6.45, 7) is 0.686. The van der Waals surface area contributed by atoms with Crippen molar-refractivity contribution in [2.75, 3.05) is 13.2 Å². The second-order valence-corrected chi connectivity index (χ2v) is 6.76. The number of nitrogens with zero attached hydrogens (tertiary/aromatic N) is 2. The first kappa shape index (κ1) is 19.0. The lowest BCUT2D eigenvalue weighted by Gasteiger charge is -2.09. The molecule has 0 fully saturated rings. The largest absolute Gasteiger partial charge is 0.494 e. The maximum Gasteiger partial charge on any atom is 0.261 e. The molecule has 0 atom stereocenters. The zero-order valence-corrected chi connectivity index (χ0v) is 15.9. The van der Waals surface area contributed by atoms with E-state index in [1.165, 1.54) is 23.0 Å². The Kier molecular flexibility index (Phi) is 6.18. The number of benzene rings is 2. The zero-order valence-electron chi connectivity index (χ0n) is 14.3. The molecule has 1 N–H and O–H groups in total. The fraction of sp³-hybridized carbons (Fsp3) is 0.211. The molecule has 8 heteroatoms. The topological polar surface area (TPSA) is 73.2 Å². The number of nitrogens with one attached hydrogen (secondary N) is 1. The molecule has 140 valence electrons. The van der Waals surface area contributed by atoms with Crippen LogP contribution in [0.1, 0.15) is 6.42 Å². The van der Waals surface area contributed by atoms with Crippen molar-refractivity contribution in [2.24, 2.45) is 0 Å². The predicted molar refractivity (Wildman–Crippen MR) is 103 cm³/mol. The number of rotatable bonds is 7. The summed E-state index contributed by atoms with van der Waals surface area (Å²) in [4.78, 5) is 28.7. The van der Waals surface area contributed by atoms with E-state index in [4.69, 9.17) is 4.74 Å². The Hall–Kier alpha value is -2.74. The highest BCUT2D eigenvalue weighted by Gasteiger charge is 2.08. The van der Waals surface area contributed by atoms with Crippen LogP contribution in [0.2, 0.25) is 0 Å². The molecule has 0 aliphatic heterocycles. The molecular weight excluding hydrogens is 417 g/mol. The van der Waals surface area contributed by atoms with Crippen LogP contribution in [0.15, 0.2) is 58.1 Å². The van der Waals surface area contributed by atoms with Gasteiger partial charge in [-0.25, -0.2) is 9.37 Å². The van der Waals surface area contributed by atoms with E-state index < -0.39 is 0 Å². The minimum atomic E-state index is -0.319. The number of amides is 1. The summed E-state index contributed by atoms with van der Waals surface area (Å²) in [5.74, 6) is -0.0295. The van der Waals surface area contributed by atoms with Gasteiger partial charge in [-0.1, -0.05) is 15.9 Å². The highest BCUT2D eigenvalue weighted by Crippen LogP contribution is 2.14. The summed E-state index contributed by atoms with van der Waals surface area (Å²) in [6.07, 6.45) is 1.96. The van der Waals surface area contributed by atoms with Gasteiger partial charge in [-0.3, -0.25) is 14.2 Å². The molecule has 0 radical (unpaired) electrons. The Morgan fingerprint density at radius 2 is 2.00 bits per heavy atom. The third-order valence-corrected chi connectivity index (χ3v) is 4.32. The van der Waals surface area contributed by atoms with Crippen molar-refractivity contribution in [1.82, 2.24) is 14.9 Å². The maximum atomic E-state index is 12.8. The first-order chi connectivity index (χ1) is 13.0. The Morgan fingerprint density at radius 3 is 2.78 bits per heavy atom. The molecule has 0 aliphatic rings. The fourth-order valence-corrected chi connectivity index (χ4v) is 2.84. The molecule has 1 heterocycles. The minimum absolute atomic E-state index is 0.104. The summed E-state index contributed by atoms with van der Waals surface area (Å²) >= 11 is 3.33. The van der Waals surface area contributed by atoms with Crippen LogP contribution >= 0.6 is 15.9 Å². The number of carbonyl (C=O) groups is 1. The standard InChI is InChI=1S/C19H17BrFN3O3/c20-13-2-7-17-16(10-13)19(26)24(12-23-17)11-18(25)22-8-1-9-27-15-5-3-14(21)4-6-15/h2-7,10,12H,1,8-9,11H2,(H,22,25). The van der Waals surface area contributed by atoms with E-state index in [0.717, 1.165) is 4.47 Å². The smallest absolute Gasteiger partial charge is 0.261 e. The Morgan fingerprint density at radius 1 is 1.22 bits per heavy atom. The molecule has 1 aromatic heterocycles. The molecule has 0 bridgehead atoms. The number of ether oxygens (including phenoxy) is 1. The van der Waals surface area contributed by atoms with Gasteiger partial charge in [-0.05, 0) is 48.9 Å². The van der Waals surface area contributed by atoms with Crippen molar-refractivity contribution < 1.29 is 13.9 Å². The summed E-state index contributed by atoms with van der Waals surface area (Å²) in [6, 6.07) is 11.0. The molecule has 2 aromatic carbocycles. The van der Waals surface area contributed by atoms with Gasteiger partial charge in [-0.15, -0.1) is 0 Å². The highest BCUT2D eigenvalue weighted by atomic mass is 79.9. The van der Waals surface area contributed by atoms with E-state index in [2.05, 4.69) is 26.2 Å². The number of aromatic nitrogens is 2. The van der Waals surface area contributed by atoms with Gasteiger partial charge >= 0.3 is 0 Å². The van der Waals surface area contributed by atoms with E-state index in [1.807, 2.05) is 0 Å². The second kappa shape index (κ2) is 8.77.